The van der Waals surface area contributed by atoms with Gasteiger partial charge in [0.25, 0.3) is 0 Å². The maximum absolute atomic E-state index is 11.5. The zero-order chi connectivity index (χ0) is 18.0. The molecular formula is C22H43NO. The SMILES string of the molecule is CCCCCCCC/C=C/CCCCCCC(C(N)=O)C(C)CC. The van der Waals surface area contributed by atoms with Crippen LogP contribution in [0.15, 0.2) is 12.2 Å². The van der Waals surface area contributed by atoms with Gasteiger partial charge in [0.2, 0.25) is 5.91 Å². The van der Waals surface area contributed by atoms with Crippen molar-refractivity contribution in [3.05, 3.63) is 12.2 Å². The van der Waals surface area contributed by atoms with Crippen LogP contribution in [0, 0.1) is 11.8 Å². The molecule has 2 atom stereocenters. The highest BCUT2D eigenvalue weighted by molar-refractivity contribution is 5.76. The molecule has 142 valence electrons. The predicted molar refractivity (Wildman–Crippen MR) is 107 cm³/mol. The minimum absolute atomic E-state index is 0.0761. The molecule has 0 radical (unpaired) electrons. The van der Waals surface area contributed by atoms with E-state index in [9.17, 15) is 4.79 Å². The predicted octanol–water partition coefficient (Wildman–Crippen LogP) is 6.78. The Morgan fingerprint density at radius 2 is 1.33 bits per heavy atom. The lowest BCUT2D eigenvalue weighted by molar-refractivity contribution is -0.123. The van der Waals surface area contributed by atoms with E-state index < -0.39 is 0 Å². The second-order valence-electron chi connectivity index (χ2n) is 7.41. The molecule has 0 rings (SSSR count). The molecule has 1 amide bonds. The first-order valence-electron chi connectivity index (χ1n) is 10.6. The van der Waals surface area contributed by atoms with Crippen LogP contribution >= 0.6 is 0 Å². The molecule has 2 N–H and O–H groups in total. The molecule has 2 heteroatoms. The van der Waals surface area contributed by atoms with Gasteiger partial charge in [0, 0.05) is 5.92 Å². The summed E-state index contributed by atoms with van der Waals surface area (Å²) in [7, 11) is 0. The lowest BCUT2D eigenvalue weighted by Crippen LogP contribution is -2.28. The van der Waals surface area contributed by atoms with Crippen LogP contribution in [0.4, 0.5) is 0 Å². The molecule has 0 aromatic carbocycles. The van der Waals surface area contributed by atoms with Crippen molar-refractivity contribution >= 4 is 5.91 Å². The van der Waals surface area contributed by atoms with Crippen LogP contribution < -0.4 is 5.73 Å². The van der Waals surface area contributed by atoms with Crippen LogP contribution in [0.25, 0.3) is 0 Å². The van der Waals surface area contributed by atoms with Gasteiger partial charge in [-0.05, 0) is 38.0 Å². The number of amides is 1. The van der Waals surface area contributed by atoms with Gasteiger partial charge in [-0.1, -0.05) is 90.7 Å². The van der Waals surface area contributed by atoms with Crippen LogP contribution in [0.1, 0.15) is 111 Å². The van der Waals surface area contributed by atoms with E-state index in [1.807, 2.05) is 0 Å². The summed E-state index contributed by atoms with van der Waals surface area (Å²) in [6, 6.07) is 0. The molecule has 0 aliphatic rings. The van der Waals surface area contributed by atoms with Crippen molar-refractivity contribution < 1.29 is 4.79 Å². The third-order valence-electron chi connectivity index (χ3n) is 5.22. The van der Waals surface area contributed by atoms with Crippen LogP contribution in [-0.4, -0.2) is 5.91 Å². The van der Waals surface area contributed by atoms with Gasteiger partial charge in [-0.25, -0.2) is 0 Å². The number of rotatable bonds is 17. The molecule has 0 aromatic heterocycles. The van der Waals surface area contributed by atoms with Crippen molar-refractivity contribution in [3.63, 3.8) is 0 Å². The Morgan fingerprint density at radius 1 is 0.833 bits per heavy atom. The maximum Gasteiger partial charge on any atom is 0.220 e. The lowest BCUT2D eigenvalue weighted by Gasteiger charge is -2.19. The Morgan fingerprint density at radius 3 is 1.83 bits per heavy atom. The second-order valence-corrected chi connectivity index (χ2v) is 7.41. The smallest absolute Gasteiger partial charge is 0.220 e. The highest BCUT2D eigenvalue weighted by Crippen LogP contribution is 2.21. The van der Waals surface area contributed by atoms with Gasteiger partial charge in [0.1, 0.15) is 0 Å². The largest absolute Gasteiger partial charge is 0.369 e. The third-order valence-corrected chi connectivity index (χ3v) is 5.22. The third kappa shape index (κ3) is 13.6. The van der Waals surface area contributed by atoms with E-state index in [1.165, 1.54) is 70.6 Å². The van der Waals surface area contributed by atoms with Crippen LogP contribution in [-0.2, 0) is 4.79 Å². The summed E-state index contributed by atoms with van der Waals surface area (Å²) < 4.78 is 0. The minimum Gasteiger partial charge on any atom is -0.369 e. The molecule has 0 saturated heterocycles. The normalized spacial score (nSPS) is 14.1. The quantitative estimate of drug-likeness (QED) is 0.231. The fourth-order valence-corrected chi connectivity index (χ4v) is 3.25. The maximum atomic E-state index is 11.5. The summed E-state index contributed by atoms with van der Waals surface area (Å²) in [6.45, 7) is 6.55. The number of nitrogens with two attached hydrogens (primary N) is 1. The number of unbranched alkanes of at least 4 members (excludes halogenated alkanes) is 10. The van der Waals surface area contributed by atoms with Crippen molar-refractivity contribution in [2.24, 2.45) is 17.6 Å². The van der Waals surface area contributed by atoms with Gasteiger partial charge in [0.05, 0.1) is 0 Å². The molecular weight excluding hydrogens is 294 g/mol. The molecule has 0 bridgehead atoms. The molecule has 0 aromatic rings. The Hall–Kier alpha value is -0.790. The molecule has 0 fully saturated rings. The van der Waals surface area contributed by atoms with Gasteiger partial charge in [-0.2, -0.15) is 0 Å². The first-order valence-corrected chi connectivity index (χ1v) is 10.6. The molecule has 0 heterocycles. The van der Waals surface area contributed by atoms with E-state index in [4.69, 9.17) is 5.73 Å². The van der Waals surface area contributed by atoms with Crippen LogP contribution in [0.5, 0.6) is 0 Å². The number of carbonyl (C=O) groups is 1. The number of allylic oxidation sites excluding steroid dienone is 2. The lowest BCUT2D eigenvalue weighted by atomic mass is 9.86. The van der Waals surface area contributed by atoms with E-state index in [0.717, 1.165) is 19.3 Å². The number of hydrogen-bond acceptors (Lipinski definition) is 1. The van der Waals surface area contributed by atoms with Gasteiger partial charge in [0.15, 0.2) is 0 Å². The van der Waals surface area contributed by atoms with E-state index in [2.05, 4.69) is 32.9 Å². The molecule has 0 saturated carbocycles. The standard InChI is InChI=1S/C22H43NO/c1-4-6-7-8-9-10-11-12-13-14-15-16-17-18-19-21(22(23)24)20(3)5-2/h12-13,20-21H,4-11,14-19H2,1-3H3,(H2,23,24)/b13-12+. The Labute approximate surface area is 151 Å². The van der Waals surface area contributed by atoms with Crippen molar-refractivity contribution in [1.82, 2.24) is 0 Å². The van der Waals surface area contributed by atoms with Crippen LogP contribution in [0.2, 0.25) is 0 Å². The van der Waals surface area contributed by atoms with Crippen molar-refractivity contribution in [2.45, 2.75) is 111 Å². The van der Waals surface area contributed by atoms with Crippen molar-refractivity contribution in [2.75, 3.05) is 0 Å². The topological polar surface area (TPSA) is 43.1 Å². The molecule has 24 heavy (non-hydrogen) atoms. The first kappa shape index (κ1) is 23.2. The number of carbonyl (C=O) groups excluding carboxylic acids is 1. The number of primary amides is 1. The zero-order valence-electron chi connectivity index (χ0n) is 16.7. The first-order chi connectivity index (χ1) is 11.6. The molecule has 2 unspecified atom stereocenters. The Kier molecular flexibility index (Phi) is 16.5. The van der Waals surface area contributed by atoms with Gasteiger partial charge in [-0.15, -0.1) is 0 Å². The highest BCUT2D eigenvalue weighted by Gasteiger charge is 2.20. The highest BCUT2D eigenvalue weighted by atomic mass is 16.1. The average molecular weight is 338 g/mol. The summed E-state index contributed by atoms with van der Waals surface area (Å²) in [5.41, 5.74) is 5.52. The average Bonchev–Trinajstić information content (AvgIpc) is 2.57. The van der Waals surface area contributed by atoms with Gasteiger partial charge >= 0.3 is 0 Å². The summed E-state index contributed by atoms with van der Waals surface area (Å²) in [5.74, 6) is 0.390. The minimum atomic E-state index is -0.109. The molecule has 0 spiro atoms. The summed E-state index contributed by atoms with van der Waals surface area (Å²) in [5, 5.41) is 0. The Bertz CT molecular complexity index is 311. The van der Waals surface area contributed by atoms with Crippen molar-refractivity contribution in [3.8, 4) is 0 Å². The van der Waals surface area contributed by atoms with E-state index in [0.29, 0.717) is 5.92 Å². The second kappa shape index (κ2) is 17.0. The zero-order valence-corrected chi connectivity index (χ0v) is 16.7. The van der Waals surface area contributed by atoms with Crippen LogP contribution in [0.3, 0.4) is 0 Å². The van der Waals surface area contributed by atoms with E-state index in [-0.39, 0.29) is 11.8 Å². The molecule has 2 nitrogen and oxygen atoms in total. The molecule has 0 aliphatic heterocycles. The van der Waals surface area contributed by atoms with E-state index in [1.54, 1.807) is 0 Å². The van der Waals surface area contributed by atoms with Gasteiger partial charge in [-0.3, -0.25) is 4.79 Å². The number of hydrogen-bond donors (Lipinski definition) is 1. The fourth-order valence-electron chi connectivity index (χ4n) is 3.25. The van der Waals surface area contributed by atoms with Gasteiger partial charge < -0.3 is 5.73 Å². The molecule has 0 aliphatic carbocycles. The summed E-state index contributed by atoms with van der Waals surface area (Å²) >= 11 is 0. The summed E-state index contributed by atoms with van der Waals surface area (Å²) in [4.78, 5) is 11.5. The monoisotopic (exact) mass is 337 g/mol. The summed E-state index contributed by atoms with van der Waals surface area (Å²) in [6.07, 6.45) is 22.4. The fraction of sp³-hybridized carbons (Fsp3) is 0.864. The van der Waals surface area contributed by atoms with E-state index >= 15 is 0 Å². The Balaban J connectivity index is 3.43. The van der Waals surface area contributed by atoms with Crippen molar-refractivity contribution in [1.29, 1.82) is 0 Å².